The number of alkyl halides is 2. The Bertz CT molecular complexity index is 1070. The van der Waals surface area contributed by atoms with Gasteiger partial charge < -0.3 is 14.8 Å². The fourth-order valence-electron chi connectivity index (χ4n) is 2.41. The molecular weight excluding hydrogens is 436 g/mol. The minimum atomic E-state index is -2.96. The number of amides is 1. The van der Waals surface area contributed by atoms with Crippen LogP contribution in [0.3, 0.4) is 0 Å². The molecule has 0 bridgehead atoms. The maximum atomic E-state index is 12.4. The zero-order chi connectivity index (χ0) is 21.7. The smallest absolute Gasteiger partial charge is 0.387 e. The van der Waals surface area contributed by atoms with Gasteiger partial charge in [0.15, 0.2) is 16.5 Å². The van der Waals surface area contributed by atoms with Gasteiger partial charge in [0.25, 0.3) is 5.91 Å². The van der Waals surface area contributed by atoms with E-state index in [1.807, 2.05) is 19.1 Å². The molecule has 10 heteroatoms. The average molecular weight is 452 g/mol. The van der Waals surface area contributed by atoms with Crippen LogP contribution in [0.15, 0.2) is 42.5 Å². The van der Waals surface area contributed by atoms with Gasteiger partial charge in [-0.15, -0.1) is 10.2 Å². The normalized spacial score (nSPS) is 11.5. The van der Waals surface area contributed by atoms with Crippen molar-refractivity contribution in [2.45, 2.75) is 13.5 Å². The molecule has 0 unspecified atom stereocenters. The van der Waals surface area contributed by atoms with E-state index in [1.165, 1.54) is 25.3 Å². The van der Waals surface area contributed by atoms with E-state index in [2.05, 4.69) is 20.3 Å². The summed E-state index contributed by atoms with van der Waals surface area (Å²) in [6.45, 7) is -1.01. The number of aromatic nitrogens is 2. The van der Waals surface area contributed by atoms with Gasteiger partial charge in [0.1, 0.15) is 0 Å². The molecule has 0 saturated heterocycles. The quantitative estimate of drug-likeness (QED) is 0.517. The minimum Gasteiger partial charge on any atom is -0.493 e. The van der Waals surface area contributed by atoms with Crippen LogP contribution in [0.2, 0.25) is 0 Å². The van der Waals surface area contributed by atoms with Gasteiger partial charge in [-0.1, -0.05) is 46.7 Å². The number of ether oxygens (including phenoxy) is 2. The van der Waals surface area contributed by atoms with Crippen molar-refractivity contribution in [1.29, 1.82) is 0 Å². The van der Waals surface area contributed by atoms with Gasteiger partial charge in [0, 0.05) is 5.69 Å². The van der Waals surface area contributed by atoms with E-state index in [1.54, 1.807) is 18.2 Å². The molecule has 0 radical (unpaired) electrons. The van der Waals surface area contributed by atoms with Crippen LogP contribution in [-0.4, -0.2) is 29.8 Å². The molecule has 0 saturated carbocycles. The van der Waals surface area contributed by atoms with E-state index in [4.69, 9.17) is 16.3 Å². The molecule has 1 aromatic heterocycles. The molecule has 2 aromatic carbocycles. The molecule has 1 amide bonds. The van der Waals surface area contributed by atoms with Crippen LogP contribution in [0, 0.1) is 6.92 Å². The number of halogens is 3. The maximum Gasteiger partial charge on any atom is 0.387 e. The van der Waals surface area contributed by atoms with Gasteiger partial charge in [-0.2, -0.15) is 8.78 Å². The third-order valence-electron chi connectivity index (χ3n) is 3.83. The Morgan fingerprint density at radius 3 is 2.50 bits per heavy atom. The van der Waals surface area contributed by atoms with Gasteiger partial charge in [0.2, 0.25) is 5.01 Å². The molecule has 1 heterocycles. The second-order valence-corrected chi connectivity index (χ2v) is 7.40. The fourth-order valence-corrected chi connectivity index (χ4v) is 3.33. The van der Waals surface area contributed by atoms with Gasteiger partial charge >= 0.3 is 6.61 Å². The molecule has 0 spiro atoms. The van der Waals surface area contributed by atoms with E-state index >= 15 is 0 Å². The van der Waals surface area contributed by atoms with E-state index in [0.29, 0.717) is 16.3 Å². The predicted molar refractivity (Wildman–Crippen MR) is 112 cm³/mol. The molecule has 156 valence electrons. The summed E-state index contributed by atoms with van der Waals surface area (Å²) >= 11 is 7.32. The first-order valence-corrected chi connectivity index (χ1v) is 9.77. The number of carbonyl (C=O) groups is 1. The third-order valence-corrected chi connectivity index (χ3v) is 5.19. The van der Waals surface area contributed by atoms with Crippen LogP contribution in [0.4, 0.5) is 14.5 Å². The Kier molecular flexibility index (Phi) is 6.96. The monoisotopic (exact) mass is 451 g/mol. The van der Waals surface area contributed by atoms with Gasteiger partial charge in [-0.25, -0.2) is 0 Å². The zero-order valence-corrected chi connectivity index (χ0v) is 17.4. The molecule has 30 heavy (non-hydrogen) atoms. The Labute approximate surface area is 180 Å². The lowest BCUT2D eigenvalue weighted by atomic mass is 10.2. The first-order valence-electron chi connectivity index (χ1n) is 8.57. The second-order valence-electron chi connectivity index (χ2n) is 6.01. The van der Waals surface area contributed by atoms with Crippen LogP contribution < -0.4 is 14.8 Å². The predicted octanol–water partition coefficient (Wildman–Crippen LogP) is 5.45. The molecule has 3 aromatic rings. The number of carbonyl (C=O) groups excluding carboxylic acids is 1. The van der Waals surface area contributed by atoms with Crippen molar-refractivity contribution < 1.29 is 23.0 Å². The number of methoxy groups -OCH3 is 1. The summed E-state index contributed by atoms with van der Waals surface area (Å²) in [5.74, 6) is -0.363. The van der Waals surface area contributed by atoms with Crippen molar-refractivity contribution in [2.24, 2.45) is 0 Å². The van der Waals surface area contributed by atoms with Crippen LogP contribution in [0.1, 0.15) is 25.9 Å². The number of hydrogen-bond acceptors (Lipinski definition) is 6. The highest BCUT2D eigenvalue weighted by atomic mass is 35.5. The summed E-state index contributed by atoms with van der Waals surface area (Å²) in [5, 5.41) is 11.3. The second kappa shape index (κ2) is 9.64. The molecular formula is C20H16ClF2N3O3S. The van der Waals surface area contributed by atoms with Crippen LogP contribution in [-0.2, 0) is 0 Å². The number of nitrogens with zero attached hydrogens (tertiary/aromatic N) is 2. The van der Waals surface area contributed by atoms with Crippen molar-refractivity contribution in [3.05, 3.63) is 63.6 Å². The highest BCUT2D eigenvalue weighted by Gasteiger charge is 2.16. The standard InChI is InChI=1S/C20H16ClF2N3O3S/c1-11-3-6-13(7-4-11)24-17(27)19-26-25-18(30-19)14(21)9-12-5-8-15(29-20(22)23)16(10-12)28-2/h3-10,20H,1-2H3,(H,24,27)/b14-9-. The summed E-state index contributed by atoms with van der Waals surface area (Å²) in [6, 6.07) is 11.7. The summed E-state index contributed by atoms with van der Waals surface area (Å²) in [5.41, 5.74) is 2.29. The lowest BCUT2D eigenvalue weighted by Gasteiger charge is -2.10. The van der Waals surface area contributed by atoms with Gasteiger partial charge in [-0.05, 0) is 42.8 Å². The third kappa shape index (κ3) is 5.52. The molecule has 0 atom stereocenters. The summed E-state index contributed by atoms with van der Waals surface area (Å²) < 4.78 is 34.3. The Morgan fingerprint density at radius 2 is 1.83 bits per heavy atom. The molecule has 0 aliphatic heterocycles. The van der Waals surface area contributed by atoms with E-state index in [0.717, 1.165) is 16.9 Å². The Hall–Kier alpha value is -3.04. The number of anilines is 1. The van der Waals surface area contributed by atoms with Crippen molar-refractivity contribution in [3.63, 3.8) is 0 Å². The van der Waals surface area contributed by atoms with E-state index in [9.17, 15) is 13.6 Å². The highest BCUT2D eigenvalue weighted by Crippen LogP contribution is 2.32. The lowest BCUT2D eigenvalue weighted by molar-refractivity contribution is -0.0512. The molecule has 3 rings (SSSR count). The van der Waals surface area contributed by atoms with E-state index < -0.39 is 12.5 Å². The van der Waals surface area contributed by atoms with Crippen LogP contribution >= 0.6 is 22.9 Å². The van der Waals surface area contributed by atoms with Crippen molar-refractivity contribution in [1.82, 2.24) is 10.2 Å². The number of rotatable bonds is 7. The van der Waals surface area contributed by atoms with Crippen LogP contribution in [0.5, 0.6) is 11.5 Å². The first-order chi connectivity index (χ1) is 14.4. The van der Waals surface area contributed by atoms with E-state index in [-0.39, 0.29) is 21.5 Å². The van der Waals surface area contributed by atoms with Crippen molar-refractivity contribution >= 4 is 45.6 Å². The zero-order valence-electron chi connectivity index (χ0n) is 15.9. The highest BCUT2D eigenvalue weighted by molar-refractivity contribution is 7.15. The molecule has 6 nitrogen and oxygen atoms in total. The number of benzene rings is 2. The SMILES string of the molecule is COc1cc(/C=C(\Cl)c2nnc(C(=O)Nc3ccc(C)cc3)s2)ccc1OC(F)F. The largest absolute Gasteiger partial charge is 0.493 e. The number of hydrogen-bond donors (Lipinski definition) is 1. The molecule has 0 aliphatic carbocycles. The lowest BCUT2D eigenvalue weighted by Crippen LogP contribution is -2.11. The Balaban J connectivity index is 1.75. The number of aryl methyl sites for hydroxylation is 1. The molecule has 1 N–H and O–H groups in total. The van der Waals surface area contributed by atoms with Crippen LogP contribution in [0.25, 0.3) is 11.1 Å². The molecule has 0 aliphatic rings. The number of nitrogens with one attached hydrogen (secondary N) is 1. The Morgan fingerprint density at radius 1 is 1.13 bits per heavy atom. The average Bonchev–Trinajstić information content (AvgIpc) is 3.21. The minimum absolute atomic E-state index is 0.0910. The molecule has 0 fully saturated rings. The summed E-state index contributed by atoms with van der Waals surface area (Å²) in [7, 11) is 1.34. The topological polar surface area (TPSA) is 73.3 Å². The first kappa shape index (κ1) is 21.7. The maximum absolute atomic E-state index is 12.4. The van der Waals surface area contributed by atoms with Gasteiger partial charge in [-0.3, -0.25) is 4.79 Å². The van der Waals surface area contributed by atoms with Gasteiger partial charge in [0.05, 0.1) is 12.1 Å². The summed E-state index contributed by atoms with van der Waals surface area (Å²) in [6.07, 6.45) is 1.55. The fraction of sp³-hybridized carbons (Fsp3) is 0.150. The van der Waals surface area contributed by atoms with Crippen molar-refractivity contribution in [2.75, 3.05) is 12.4 Å². The van der Waals surface area contributed by atoms with Crippen molar-refractivity contribution in [3.8, 4) is 11.5 Å². The summed E-state index contributed by atoms with van der Waals surface area (Å²) in [4.78, 5) is 12.3.